The highest BCUT2D eigenvalue weighted by molar-refractivity contribution is 7.10. The van der Waals surface area contributed by atoms with Crippen LogP contribution in [0.3, 0.4) is 0 Å². The SMILES string of the molecule is CC(=O)NCc1ccc(-c2csc(C3CC3)n2)cc1. The Morgan fingerprint density at radius 2 is 2.11 bits per heavy atom. The number of rotatable bonds is 4. The molecule has 1 aliphatic rings. The molecule has 1 amide bonds. The average Bonchev–Trinajstić information content (AvgIpc) is 3.15. The molecule has 1 fully saturated rings. The van der Waals surface area contributed by atoms with Crippen molar-refractivity contribution in [2.24, 2.45) is 0 Å². The van der Waals surface area contributed by atoms with Crippen molar-refractivity contribution in [2.75, 3.05) is 0 Å². The molecular formula is C15H16N2OS. The summed E-state index contributed by atoms with van der Waals surface area (Å²) < 4.78 is 0. The van der Waals surface area contributed by atoms with Gasteiger partial charge in [-0.3, -0.25) is 4.79 Å². The molecule has 0 saturated heterocycles. The third-order valence-corrected chi connectivity index (χ3v) is 4.25. The van der Waals surface area contributed by atoms with E-state index in [0.717, 1.165) is 22.7 Å². The first-order valence-corrected chi connectivity index (χ1v) is 7.39. The lowest BCUT2D eigenvalue weighted by atomic mass is 10.1. The van der Waals surface area contributed by atoms with Crippen LogP contribution in [0.4, 0.5) is 0 Å². The number of hydrogen-bond donors (Lipinski definition) is 1. The van der Waals surface area contributed by atoms with Crippen LogP contribution in [-0.4, -0.2) is 10.9 Å². The van der Waals surface area contributed by atoms with Crippen molar-refractivity contribution in [3.63, 3.8) is 0 Å². The van der Waals surface area contributed by atoms with Crippen LogP contribution in [0.25, 0.3) is 11.3 Å². The number of nitrogens with one attached hydrogen (secondary N) is 1. The number of hydrogen-bond acceptors (Lipinski definition) is 3. The Labute approximate surface area is 116 Å². The Morgan fingerprint density at radius 3 is 2.74 bits per heavy atom. The summed E-state index contributed by atoms with van der Waals surface area (Å²) in [6, 6.07) is 8.23. The number of benzene rings is 1. The predicted octanol–water partition coefficient (Wildman–Crippen LogP) is 3.32. The highest BCUT2D eigenvalue weighted by Crippen LogP contribution is 2.42. The fourth-order valence-corrected chi connectivity index (χ4v) is 2.96. The molecule has 0 spiro atoms. The van der Waals surface area contributed by atoms with Crippen molar-refractivity contribution < 1.29 is 4.79 Å². The van der Waals surface area contributed by atoms with Gasteiger partial charge in [0, 0.05) is 30.3 Å². The van der Waals surface area contributed by atoms with Crippen LogP contribution in [0.2, 0.25) is 0 Å². The van der Waals surface area contributed by atoms with Crippen LogP contribution in [0.1, 0.15) is 36.3 Å². The first-order valence-electron chi connectivity index (χ1n) is 6.51. The van der Waals surface area contributed by atoms with Gasteiger partial charge in [0.1, 0.15) is 0 Å². The van der Waals surface area contributed by atoms with Gasteiger partial charge in [-0.2, -0.15) is 0 Å². The molecule has 0 radical (unpaired) electrons. The maximum Gasteiger partial charge on any atom is 0.217 e. The number of carbonyl (C=O) groups is 1. The highest BCUT2D eigenvalue weighted by Gasteiger charge is 2.26. The van der Waals surface area contributed by atoms with Gasteiger partial charge in [-0.25, -0.2) is 4.98 Å². The third-order valence-electron chi connectivity index (χ3n) is 3.24. The van der Waals surface area contributed by atoms with E-state index in [2.05, 4.69) is 22.8 Å². The molecule has 0 aliphatic heterocycles. The molecule has 0 bridgehead atoms. The van der Waals surface area contributed by atoms with Crippen LogP contribution < -0.4 is 5.32 Å². The van der Waals surface area contributed by atoms with Gasteiger partial charge in [0.25, 0.3) is 0 Å². The van der Waals surface area contributed by atoms with Gasteiger partial charge in [-0.15, -0.1) is 11.3 Å². The van der Waals surface area contributed by atoms with E-state index in [1.165, 1.54) is 24.8 Å². The minimum Gasteiger partial charge on any atom is -0.352 e. The summed E-state index contributed by atoms with van der Waals surface area (Å²) in [4.78, 5) is 15.6. The summed E-state index contributed by atoms with van der Waals surface area (Å²) in [7, 11) is 0. The van der Waals surface area contributed by atoms with E-state index >= 15 is 0 Å². The van der Waals surface area contributed by atoms with Crippen LogP contribution >= 0.6 is 11.3 Å². The number of thiazole rings is 1. The van der Waals surface area contributed by atoms with Gasteiger partial charge in [0.15, 0.2) is 0 Å². The second-order valence-electron chi connectivity index (χ2n) is 4.95. The van der Waals surface area contributed by atoms with Crippen molar-refractivity contribution in [3.8, 4) is 11.3 Å². The standard InChI is InChI=1S/C15H16N2OS/c1-10(18)16-8-11-2-4-12(5-3-11)14-9-19-15(17-14)13-6-7-13/h2-5,9,13H,6-8H2,1H3,(H,16,18). The maximum atomic E-state index is 10.9. The molecule has 1 aromatic heterocycles. The summed E-state index contributed by atoms with van der Waals surface area (Å²) in [5, 5.41) is 6.21. The van der Waals surface area contributed by atoms with Gasteiger partial charge in [-0.1, -0.05) is 24.3 Å². The molecule has 3 rings (SSSR count). The van der Waals surface area contributed by atoms with Crippen LogP contribution in [0, 0.1) is 0 Å². The lowest BCUT2D eigenvalue weighted by Gasteiger charge is -2.03. The van der Waals surface area contributed by atoms with E-state index < -0.39 is 0 Å². The first-order chi connectivity index (χ1) is 9.22. The van der Waals surface area contributed by atoms with Gasteiger partial charge in [0.05, 0.1) is 10.7 Å². The van der Waals surface area contributed by atoms with Crippen LogP contribution in [0.15, 0.2) is 29.6 Å². The monoisotopic (exact) mass is 272 g/mol. The van der Waals surface area contributed by atoms with Crippen LogP contribution in [0.5, 0.6) is 0 Å². The predicted molar refractivity (Wildman–Crippen MR) is 77.0 cm³/mol. The molecule has 1 saturated carbocycles. The number of amides is 1. The van der Waals surface area contributed by atoms with Gasteiger partial charge >= 0.3 is 0 Å². The van der Waals surface area contributed by atoms with Crippen molar-refractivity contribution in [1.82, 2.24) is 10.3 Å². The number of aromatic nitrogens is 1. The van der Waals surface area contributed by atoms with E-state index in [1.54, 1.807) is 11.3 Å². The summed E-state index contributed by atoms with van der Waals surface area (Å²) in [5.74, 6) is 0.718. The van der Waals surface area contributed by atoms with Crippen LogP contribution in [-0.2, 0) is 11.3 Å². The summed E-state index contributed by atoms with van der Waals surface area (Å²) in [6.07, 6.45) is 2.59. The quantitative estimate of drug-likeness (QED) is 0.927. The lowest BCUT2D eigenvalue weighted by Crippen LogP contribution is -2.18. The second kappa shape index (κ2) is 5.13. The van der Waals surface area contributed by atoms with E-state index in [0.29, 0.717) is 6.54 Å². The molecule has 98 valence electrons. The molecule has 1 heterocycles. The number of carbonyl (C=O) groups excluding carboxylic acids is 1. The zero-order valence-electron chi connectivity index (χ0n) is 10.8. The van der Waals surface area contributed by atoms with Crippen molar-refractivity contribution in [3.05, 3.63) is 40.2 Å². The first kappa shape index (κ1) is 12.4. The maximum absolute atomic E-state index is 10.9. The third kappa shape index (κ3) is 3.01. The van der Waals surface area contributed by atoms with Crippen molar-refractivity contribution in [2.45, 2.75) is 32.2 Å². The van der Waals surface area contributed by atoms with E-state index in [4.69, 9.17) is 4.98 Å². The van der Waals surface area contributed by atoms with Gasteiger partial charge < -0.3 is 5.32 Å². The minimum absolute atomic E-state index is 0.00217. The molecule has 19 heavy (non-hydrogen) atoms. The largest absolute Gasteiger partial charge is 0.352 e. The Hall–Kier alpha value is -1.68. The Morgan fingerprint density at radius 1 is 1.37 bits per heavy atom. The summed E-state index contributed by atoms with van der Waals surface area (Å²) in [5.41, 5.74) is 3.32. The molecule has 2 aromatic rings. The topological polar surface area (TPSA) is 42.0 Å². The molecular weight excluding hydrogens is 256 g/mol. The average molecular weight is 272 g/mol. The normalized spacial score (nSPS) is 14.4. The lowest BCUT2D eigenvalue weighted by molar-refractivity contribution is -0.119. The van der Waals surface area contributed by atoms with Gasteiger partial charge in [0.2, 0.25) is 5.91 Å². The second-order valence-corrected chi connectivity index (χ2v) is 5.84. The Balaban J connectivity index is 1.71. The van der Waals surface area contributed by atoms with Gasteiger partial charge in [-0.05, 0) is 18.4 Å². The fraction of sp³-hybridized carbons (Fsp3) is 0.333. The fourth-order valence-electron chi connectivity index (χ4n) is 1.96. The Bertz CT molecular complexity index is 584. The molecule has 1 aliphatic carbocycles. The van der Waals surface area contributed by atoms with Crippen molar-refractivity contribution >= 4 is 17.2 Å². The molecule has 1 N–H and O–H groups in total. The Kier molecular flexibility index (Phi) is 3.34. The highest BCUT2D eigenvalue weighted by atomic mass is 32.1. The van der Waals surface area contributed by atoms with E-state index in [9.17, 15) is 4.79 Å². The summed E-state index contributed by atoms with van der Waals surface area (Å²) >= 11 is 1.77. The van der Waals surface area contributed by atoms with E-state index in [-0.39, 0.29) is 5.91 Å². The molecule has 4 heteroatoms. The smallest absolute Gasteiger partial charge is 0.217 e. The molecule has 0 atom stereocenters. The molecule has 3 nitrogen and oxygen atoms in total. The number of nitrogens with zero attached hydrogens (tertiary/aromatic N) is 1. The summed E-state index contributed by atoms with van der Waals surface area (Å²) in [6.45, 7) is 2.11. The van der Waals surface area contributed by atoms with E-state index in [1.807, 2.05) is 12.1 Å². The minimum atomic E-state index is -0.00217. The van der Waals surface area contributed by atoms with Crippen molar-refractivity contribution in [1.29, 1.82) is 0 Å². The zero-order valence-corrected chi connectivity index (χ0v) is 11.7. The zero-order chi connectivity index (χ0) is 13.2. The molecule has 1 aromatic carbocycles. The molecule has 0 unspecified atom stereocenters.